The number of amides is 1. The highest BCUT2D eigenvalue weighted by molar-refractivity contribution is 5.77. The minimum absolute atomic E-state index is 0.107. The van der Waals surface area contributed by atoms with Crippen molar-refractivity contribution >= 4 is 11.6 Å². The molecule has 0 radical (unpaired) electrons. The van der Waals surface area contributed by atoms with Crippen LogP contribution in [-0.2, 0) is 11.3 Å². The maximum absolute atomic E-state index is 13.1. The highest BCUT2D eigenvalue weighted by atomic mass is 19.1. The summed E-state index contributed by atoms with van der Waals surface area (Å²) in [7, 11) is 0. The van der Waals surface area contributed by atoms with Gasteiger partial charge in [0.15, 0.2) is 6.61 Å². The summed E-state index contributed by atoms with van der Waals surface area (Å²) in [6, 6.07) is 10.2. The zero-order chi connectivity index (χ0) is 16.8. The molecule has 2 aromatic rings. The van der Waals surface area contributed by atoms with Crippen LogP contribution in [0, 0.1) is 22.9 Å². The van der Waals surface area contributed by atoms with Crippen LogP contribution in [0.1, 0.15) is 11.1 Å². The van der Waals surface area contributed by atoms with Gasteiger partial charge in [-0.05, 0) is 30.2 Å². The first-order chi connectivity index (χ1) is 11.0. The highest BCUT2D eigenvalue weighted by Gasteiger charge is 2.08. The molecule has 0 unspecified atom stereocenters. The number of aryl methyl sites for hydroxylation is 1. The lowest BCUT2D eigenvalue weighted by Crippen LogP contribution is -2.28. The van der Waals surface area contributed by atoms with E-state index in [1.54, 1.807) is 19.1 Å². The smallest absolute Gasteiger partial charge is 0.273 e. The number of nitrogens with zero attached hydrogens (tertiary/aromatic N) is 1. The first-order valence-electron chi connectivity index (χ1n) is 6.84. The fraction of sp³-hybridized carbons (Fsp3) is 0.188. The van der Waals surface area contributed by atoms with E-state index in [-0.39, 0.29) is 36.3 Å². The average Bonchev–Trinajstić information content (AvgIpc) is 2.54. The van der Waals surface area contributed by atoms with Crippen molar-refractivity contribution in [3.05, 3.63) is 69.5 Å². The standard InChI is InChI=1S/C16H15FN2O4/c1-11-7-12(5-6-15(11)17)9-18-16(20)10-23-14-4-2-3-13(8-14)19(21)22/h2-8H,9-10H2,1H3,(H,18,20). The number of hydrogen-bond acceptors (Lipinski definition) is 4. The number of carbonyl (C=O) groups is 1. The maximum Gasteiger partial charge on any atom is 0.273 e. The molecule has 2 aromatic carbocycles. The molecule has 0 fully saturated rings. The summed E-state index contributed by atoms with van der Waals surface area (Å²) < 4.78 is 18.4. The minimum atomic E-state index is -0.538. The Labute approximate surface area is 132 Å². The van der Waals surface area contributed by atoms with Gasteiger partial charge < -0.3 is 10.1 Å². The lowest BCUT2D eigenvalue weighted by atomic mass is 10.1. The van der Waals surface area contributed by atoms with Crippen LogP contribution < -0.4 is 10.1 Å². The molecule has 7 heteroatoms. The molecular formula is C16H15FN2O4. The molecule has 23 heavy (non-hydrogen) atoms. The van der Waals surface area contributed by atoms with Crippen molar-refractivity contribution in [2.75, 3.05) is 6.61 Å². The van der Waals surface area contributed by atoms with E-state index in [9.17, 15) is 19.3 Å². The Bertz CT molecular complexity index is 734. The zero-order valence-corrected chi connectivity index (χ0v) is 12.4. The monoisotopic (exact) mass is 318 g/mol. The molecule has 120 valence electrons. The number of hydrogen-bond donors (Lipinski definition) is 1. The van der Waals surface area contributed by atoms with Crippen LogP contribution in [0.4, 0.5) is 10.1 Å². The van der Waals surface area contributed by atoms with Crippen LogP contribution in [0.15, 0.2) is 42.5 Å². The van der Waals surface area contributed by atoms with Gasteiger partial charge in [-0.2, -0.15) is 0 Å². The van der Waals surface area contributed by atoms with Gasteiger partial charge >= 0.3 is 0 Å². The minimum Gasteiger partial charge on any atom is -0.484 e. The van der Waals surface area contributed by atoms with Gasteiger partial charge in [0.05, 0.1) is 11.0 Å². The third kappa shape index (κ3) is 4.77. The van der Waals surface area contributed by atoms with Crippen molar-refractivity contribution in [2.24, 2.45) is 0 Å². The van der Waals surface area contributed by atoms with E-state index in [1.165, 1.54) is 30.3 Å². The van der Waals surface area contributed by atoms with Crippen molar-refractivity contribution in [2.45, 2.75) is 13.5 Å². The van der Waals surface area contributed by atoms with E-state index in [1.807, 2.05) is 0 Å². The molecule has 0 aliphatic heterocycles. The topological polar surface area (TPSA) is 81.5 Å². The third-order valence-electron chi connectivity index (χ3n) is 3.11. The SMILES string of the molecule is Cc1cc(CNC(=O)COc2cccc([N+](=O)[O-])c2)ccc1F. The fourth-order valence-corrected chi connectivity index (χ4v) is 1.90. The number of benzene rings is 2. The van der Waals surface area contributed by atoms with Gasteiger partial charge in [-0.3, -0.25) is 14.9 Å². The number of ether oxygens (including phenoxy) is 1. The summed E-state index contributed by atoms with van der Waals surface area (Å²) in [6.07, 6.45) is 0. The molecule has 0 bridgehead atoms. The van der Waals surface area contributed by atoms with E-state index in [4.69, 9.17) is 4.74 Å². The molecule has 0 aliphatic carbocycles. The normalized spacial score (nSPS) is 10.2. The Hall–Kier alpha value is -2.96. The van der Waals surface area contributed by atoms with Crippen LogP contribution in [-0.4, -0.2) is 17.4 Å². The summed E-state index contributed by atoms with van der Waals surface area (Å²) in [4.78, 5) is 21.8. The van der Waals surface area contributed by atoms with E-state index >= 15 is 0 Å². The largest absolute Gasteiger partial charge is 0.484 e. The van der Waals surface area contributed by atoms with Crippen molar-refractivity contribution in [1.29, 1.82) is 0 Å². The van der Waals surface area contributed by atoms with E-state index < -0.39 is 4.92 Å². The second-order valence-corrected chi connectivity index (χ2v) is 4.90. The Morgan fingerprint density at radius 2 is 2.09 bits per heavy atom. The van der Waals surface area contributed by atoms with Gasteiger partial charge in [0, 0.05) is 12.6 Å². The highest BCUT2D eigenvalue weighted by Crippen LogP contribution is 2.18. The quantitative estimate of drug-likeness (QED) is 0.656. The first kappa shape index (κ1) is 16.4. The predicted molar refractivity (Wildman–Crippen MR) is 81.6 cm³/mol. The number of nitrogens with one attached hydrogen (secondary N) is 1. The van der Waals surface area contributed by atoms with E-state index in [0.29, 0.717) is 5.56 Å². The number of non-ortho nitro benzene ring substituents is 1. The van der Waals surface area contributed by atoms with Crippen LogP contribution in [0.25, 0.3) is 0 Å². The molecule has 0 aliphatic rings. The molecule has 0 spiro atoms. The van der Waals surface area contributed by atoms with E-state index in [2.05, 4.69) is 5.32 Å². The Morgan fingerprint density at radius 3 is 2.78 bits per heavy atom. The number of nitro benzene ring substituents is 1. The lowest BCUT2D eigenvalue weighted by Gasteiger charge is -2.08. The second-order valence-electron chi connectivity index (χ2n) is 4.90. The van der Waals surface area contributed by atoms with Crippen LogP contribution in [0.5, 0.6) is 5.75 Å². The molecule has 1 amide bonds. The summed E-state index contributed by atoms with van der Waals surface area (Å²) in [5.41, 5.74) is 1.17. The van der Waals surface area contributed by atoms with Gasteiger partial charge in [-0.15, -0.1) is 0 Å². The molecule has 0 aromatic heterocycles. The molecule has 6 nitrogen and oxygen atoms in total. The number of rotatable bonds is 6. The van der Waals surface area contributed by atoms with E-state index in [0.717, 1.165) is 5.56 Å². The molecule has 0 saturated carbocycles. The number of nitro groups is 1. The summed E-state index contributed by atoms with van der Waals surface area (Å²) in [5.74, 6) is -0.431. The third-order valence-corrected chi connectivity index (χ3v) is 3.11. The first-order valence-corrected chi connectivity index (χ1v) is 6.84. The Kier molecular flexibility index (Phi) is 5.24. The van der Waals surface area contributed by atoms with Gasteiger partial charge in [0.2, 0.25) is 0 Å². The molecule has 0 atom stereocenters. The van der Waals surface area contributed by atoms with Crippen molar-refractivity contribution in [3.63, 3.8) is 0 Å². The van der Waals surface area contributed by atoms with Gasteiger partial charge in [0.25, 0.3) is 11.6 Å². The number of carbonyl (C=O) groups excluding carboxylic acids is 1. The fourth-order valence-electron chi connectivity index (χ4n) is 1.90. The van der Waals surface area contributed by atoms with Gasteiger partial charge in [-0.1, -0.05) is 18.2 Å². The predicted octanol–water partition coefficient (Wildman–Crippen LogP) is 2.74. The average molecular weight is 318 g/mol. The molecule has 1 N–H and O–H groups in total. The van der Waals surface area contributed by atoms with Gasteiger partial charge in [0.1, 0.15) is 11.6 Å². The van der Waals surface area contributed by atoms with Crippen molar-refractivity contribution in [3.8, 4) is 5.75 Å². The molecular weight excluding hydrogens is 303 g/mol. The molecule has 0 heterocycles. The van der Waals surface area contributed by atoms with Crippen molar-refractivity contribution in [1.82, 2.24) is 5.32 Å². The van der Waals surface area contributed by atoms with Crippen LogP contribution in [0.3, 0.4) is 0 Å². The van der Waals surface area contributed by atoms with Gasteiger partial charge in [-0.25, -0.2) is 4.39 Å². The summed E-state index contributed by atoms with van der Waals surface area (Å²) >= 11 is 0. The summed E-state index contributed by atoms with van der Waals surface area (Å²) in [6.45, 7) is 1.63. The van der Waals surface area contributed by atoms with Crippen LogP contribution in [0.2, 0.25) is 0 Å². The van der Waals surface area contributed by atoms with Crippen molar-refractivity contribution < 1.29 is 18.8 Å². The lowest BCUT2D eigenvalue weighted by molar-refractivity contribution is -0.384. The van der Waals surface area contributed by atoms with Crippen LogP contribution >= 0.6 is 0 Å². The Balaban J connectivity index is 1.84. The Morgan fingerprint density at radius 1 is 1.30 bits per heavy atom. The zero-order valence-electron chi connectivity index (χ0n) is 12.4. The summed E-state index contributed by atoms with van der Waals surface area (Å²) in [5, 5.41) is 13.3. The maximum atomic E-state index is 13.1. The number of halogens is 1. The molecule has 2 rings (SSSR count). The molecule has 0 saturated heterocycles. The second kappa shape index (κ2) is 7.35.